The van der Waals surface area contributed by atoms with Crippen LogP contribution in [-0.2, 0) is 0 Å². The molecule has 2 aromatic rings. The Morgan fingerprint density at radius 3 is 2.50 bits per heavy atom. The summed E-state index contributed by atoms with van der Waals surface area (Å²) in [7, 11) is 0. The number of hydrogen-bond acceptors (Lipinski definition) is 3. The first kappa shape index (κ1) is 21.6. The summed E-state index contributed by atoms with van der Waals surface area (Å²) in [5.41, 5.74) is 2.47. The molecule has 5 rings (SSSR count). The fraction of sp³-hybridized carbons (Fsp3) is 0.560. The van der Waals surface area contributed by atoms with Gasteiger partial charge in [0.1, 0.15) is 0 Å². The highest BCUT2D eigenvalue weighted by Crippen LogP contribution is 2.42. The van der Waals surface area contributed by atoms with E-state index in [1.165, 1.54) is 30.7 Å². The van der Waals surface area contributed by atoms with Crippen LogP contribution >= 0.6 is 0 Å². The number of carbonyl (C=O) groups excluding carboxylic acids is 1. The Bertz CT molecular complexity index is 1000. The van der Waals surface area contributed by atoms with E-state index < -0.39 is 12.6 Å². The summed E-state index contributed by atoms with van der Waals surface area (Å²) >= 11 is 0. The molecule has 1 saturated carbocycles. The molecule has 2 aromatic carbocycles. The maximum Gasteiger partial charge on any atom is 0.389 e. The molecule has 2 fully saturated rings. The monoisotopic (exact) mass is 445 g/mol. The van der Waals surface area contributed by atoms with Crippen LogP contribution in [0.4, 0.5) is 24.5 Å². The average Bonchev–Trinajstić information content (AvgIpc) is 2.88. The molecule has 7 heteroatoms. The highest BCUT2D eigenvalue weighted by atomic mass is 19.4. The second kappa shape index (κ2) is 8.58. The minimum absolute atomic E-state index is 0.0846. The summed E-state index contributed by atoms with van der Waals surface area (Å²) in [6.07, 6.45) is 0.0452. The van der Waals surface area contributed by atoms with Gasteiger partial charge in [0.15, 0.2) is 0 Å². The van der Waals surface area contributed by atoms with Crippen LogP contribution in [0.15, 0.2) is 30.3 Å². The quantitative estimate of drug-likeness (QED) is 0.591. The Balaban J connectivity index is 1.37. The van der Waals surface area contributed by atoms with Crippen LogP contribution in [0, 0.1) is 5.92 Å². The topological polar surface area (TPSA) is 26.8 Å². The molecule has 32 heavy (non-hydrogen) atoms. The molecule has 4 nitrogen and oxygen atoms in total. The highest BCUT2D eigenvalue weighted by molar-refractivity contribution is 6.26. The van der Waals surface area contributed by atoms with E-state index in [4.69, 9.17) is 0 Å². The van der Waals surface area contributed by atoms with Gasteiger partial charge in [0, 0.05) is 61.2 Å². The van der Waals surface area contributed by atoms with Crippen molar-refractivity contribution < 1.29 is 18.0 Å². The summed E-state index contributed by atoms with van der Waals surface area (Å²) in [6, 6.07) is 9.71. The van der Waals surface area contributed by atoms with Gasteiger partial charge in [-0.15, -0.1) is 0 Å². The van der Waals surface area contributed by atoms with Crippen LogP contribution in [0.2, 0.25) is 0 Å². The molecule has 0 bridgehead atoms. The van der Waals surface area contributed by atoms with E-state index >= 15 is 0 Å². The molecule has 1 aliphatic carbocycles. The number of carbonyl (C=O) groups is 1. The first-order valence-corrected chi connectivity index (χ1v) is 11.8. The van der Waals surface area contributed by atoms with Gasteiger partial charge in [0.05, 0.1) is 5.69 Å². The number of nitrogens with zero attached hydrogens (tertiary/aromatic N) is 3. The standard InChI is InChI=1S/C25H30F3N3O/c26-25(27,28)11-3-14-31-22-10-9-21(19-7-2-8-20(23(19)22)24(31)32)30-13-4-12-29(15-16-30)17-18-5-1-6-18/h2,7-10,18H,1,3-6,11-17H2. The van der Waals surface area contributed by atoms with Gasteiger partial charge in [-0.3, -0.25) is 4.79 Å². The van der Waals surface area contributed by atoms with Crippen molar-refractivity contribution in [1.29, 1.82) is 0 Å². The zero-order valence-corrected chi connectivity index (χ0v) is 18.3. The molecule has 0 aromatic heterocycles. The van der Waals surface area contributed by atoms with Crippen molar-refractivity contribution in [2.45, 2.75) is 44.7 Å². The smallest absolute Gasteiger partial charge is 0.370 e. The van der Waals surface area contributed by atoms with Gasteiger partial charge < -0.3 is 14.7 Å². The lowest BCUT2D eigenvalue weighted by Gasteiger charge is -2.31. The van der Waals surface area contributed by atoms with Gasteiger partial charge in [0.25, 0.3) is 5.91 Å². The second-order valence-electron chi connectivity index (χ2n) is 9.45. The number of rotatable bonds is 6. The number of anilines is 2. The van der Waals surface area contributed by atoms with E-state index in [0.29, 0.717) is 5.56 Å². The van der Waals surface area contributed by atoms with E-state index in [1.54, 1.807) is 6.07 Å². The predicted octanol–water partition coefficient (Wildman–Crippen LogP) is 5.45. The molecule has 0 spiro atoms. The minimum Gasteiger partial charge on any atom is -0.370 e. The van der Waals surface area contributed by atoms with Crippen LogP contribution in [-0.4, -0.2) is 56.3 Å². The van der Waals surface area contributed by atoms with Crippen molar-refractivity contribution in [2.75, 3.05) is 49.1 Å². The Morgan fingerprint density at radius 2 is 1.75 bits per heavy atom. The third-order valence-electron chi connectivity index (χ3n) is 7.27. The van der Waals surface area contributed by atoms with E-state index in [2.05, 4.69) is 15.9 Å². The Morgan fingerprint density at radius 1 is 0.938 bits per heavy atom. The van der Waals surface area contributed by atoms with Crippen LogP contribution in [0.5, 0.6) is 0 Å². The van der Waals surface area contributed by atoms with E-state index in [0.717, 1.165) is 60.7 Å². The number of alkyl halides is 3. The first-order valence-electron chi connectivity index (χ1n) is 11.8. The van der Waals surface area contributed by atoms with E-state index in [1.807, 2.05) is 18.2 Å². The fourth-order valence-electron chi connectivity index (χ4n) is 5.40. The fourth-order valence-corrected chi connectivity index (χ4v) is 5.40. The van der Waals surface area contributed by atoms with Gasteiger partial charge in [-0.2, -0.15) is 13.2 Å². The van der Waals surface area contributed by atoms with Crippen LogP contribution in [0.1, 0.15) is 48.9 Å². The molecule has 172 valence electrons. The molecule has 1 saturated heterocycles. The van der Waals surface area contributed by atoms with Crippen molar-refractivity contribution in [3.63, 3.8) is 0 Å². The summed E-state index contributed by atoms with van der Waals surface area (Å²) in [4.78, 5) is 19.5. The molecule has 0 N–H and O–H groups in total. The summed E-state index contributed by atoms with van der Waals surface area (Å²) < 4.78 is 37.9. The van der Waals surface area contributed by atoms with Gasteiger partial charge >= 0.3 is 6.18 Å². The van der Waals surface area contributed by atoms with Crippen molar-refractivity contribution in [2.24, 2.45) is 5.92 Å². The third kappa shape index (κ3) is 4.19. The zero-order chi connectivity index (χ0) is 22.3. The normalized spacial score (nSPS) is 20.2. The SMILES string of the molecule is O=C1c2cccc3c(N4CCCN(CC5CCC5)CC4)ccc(c23)N1CCCC(F)(F)F. The Hall–Kier alpha value is -2.28. The second-order valence-corrected chi connectivity index (χ2v) is 9.45. The lowest BCUT2D eigenvalue weighted by Crippen LogP contribution is -2.35. The molecule has 0 unspecified atom stereocenters. The van der Waals surface area contributed by atoms with Gasteiger partial charge in [-0.1, -0.05) is 18.6 Å². The number of benzene rings is 2. The highest BCUT2D eigenvalue weighted by Gasteiger charge is 2.33. The summed E-state index contributed by atoms with van der Waals surface area (Å²) in [5, 5.41) is 1.91. The van der Waals surface area contributed by atoms with Crippen LogP contribution in [0.25, 0.3) is 10.8 Å². The summed E-state index contributed by atoms with van der Waals surface area (Å²) in [6.45, 7) is 5.39. The molecular weight excluding hydrogens is 415 g/mol. The van der Waals surface area contributed by atoms with Crippen molar-refractivity contribution in [3.8, 4) is 0 Å². The van der Waals surface area contributed by atoms with Crippen molar-refractivity contribution in [3.05, 3.63) is 35.9 Å². The average molecular weight is 446 g/mol. The number of halogens is 3. The van der Waals surface area contributed by atoms with Crippen molar-refractivity contribution >= 4 is 28.1 Å². The predicted molar refractivity (Wildman–Crippen MR) is 122 cm³/mol. The van der Waals surface area contributed by atoms with Crippen LogP contribution < -0.4 is 9.80 Å². The lowest BCUT2D eigenvalue weighted by atomic mass is 9.85. The van der Waals surface area contributed by atoms with Gasteiger partial charge in [-0.25, -0.2) is 0 Å². The largest absolute Gasteiger partial charge is 0.389 e. The van der Waals surface area contributed by atoms with E-state index in [-0.39, 0.29) is 18.9 Å². The maximum absolute atomic E-state index is 13.0. The molecule has 0 radical (unpaired) electrons. The number of amides is 1. The molecule has 1 amide bonds. The Kier molecular flexibility index (Phi) is 5.78. The molecule has 3 aliphatic rings. The molecule has 2 aliphatic heterocycles. The molecule has 2 heterocycles. The summed E-state index contributed by atoms with van der Waals surface area (Å²) in [5.74, 6) is 0.681. The molecular formula is C25H30F3N3O. The third-order valence-corrected chi connectivity index (χ3v) is 7.27. The van der Waals surface area contributed by atoms with Crippen LogP contribution in [0.3, 0.4) is 0 Å². The Labute approximate surface area is 187 Å². The molecule has 0 atom stereocenters. The minimum atomic E-state index is -4.20. The van der Waals surface area contributed by atoms with Crippen molar-refractivity contribution in [1.82, 2.24) is 4.90 Å². The first-order chi connectivity index (χ1) is 15.4. The lowest BCUT2D eigenvalue weighted by molar-refractivity contribution is -0.135. The maximum atomic E-state index is 13.0. The van der Waals surface area contributed by atoms with Gasteiger partial charge in [0.2, 0.25) is 0 Å². The zero-order valence-electron chi connectivity index (χ0n) is 18.3. The number of hydrogen-bond donors (Lipinski definition) is 0. The van der Waals surface area contributed by atoms with E-state index in [9.17, 15) is 18.0 Å². The van der Waals surface area contributed by atoms with Gasteiger partial charge in [-0.05, 0) is 56.3 Å².